The van der Waals surface area contributed by atoms with Gasteiger partial charge in [0.25, 0.3) is 0 Å². The summed E-state index contributed by atoms with van der Waals surface area (Å²) in [6.07, 6.45) is 0. The fourth-order valence-electron chi connectivity index (χ4n) is 1.55. The maximum absolute atomic E-state index is 11.1. The molecule has 0 saturated heterocycles. The Balaban J connectivity index is 2.49. The summed E-state index contributed by atoms with van der Waals surface area (Å²) in [5.74, 6) is -1.08. The van der Waals surface area contributed by atoms with Gasteiger partial charge in [-0.05, 0) is 13.0 Å². The fourth-order valence-corrected chi connectivity index (χ4v) is 1.55. The smallest absolute Gasteiger partial charge is 0.341 e. The van der Waals surface area contributed by atoms with E-state index in [0.29, 0.717) is 5.69 Å². The van der Waals surface area contributed by atoms with Gasteiger partial charge in [0.15, 0.2) is 0 Å². The largest absolute Gasteiger partial charge is 0.479 e. The van der Waals surface area contributed by atoms with Gasteiger partial charge in [0.05, 0.1) is 12.8 Å². The second-order valence-corrected chi connectivity index (χ2v) is 3.82. The van der Waals surface area contributed by atoms with Crippen molar-refractivity contribution >= 4 is 5.97 Å². The molecule has 0 aliphatic rings. The Morgan fingerprint density at radius 2 is 1.89 bits per heavy atom. The van der Waals surface area contributed by atoms with Crippen LogP contribution in [0.15, 0.2) is 30.3 Å². The standard InChI is InChI=1S/C13H12N2O3/c1-8-3-5-9(6-4-8)11-7-10(13(16)17)12(18-2)15-14-11/h3-7H,1-2H3,(H,16,17). The molecule has 92 valence electrons. The number of carbonyl (C=O) groups is 1. The van der Waals surface area contributed by atoms with E-state index in [9.17, 15) is 4.79 Å². The number of methoxy groups -OCH3 is 1. The third kappa shape index (κ3) is 2.29. The molecule has 1 aromatic heterocycles. The van der Waals surface area contributed by atoms with Gasteiger partial charge in [0.1, 0.15) is 5.56 Å². The molecule has 0 atom stereocenters. The van der Waals surface area contributed by atoms with Crippen LogP contribution in [0, 0.1) is 6.92 Å². The summed E-state index contributed by atoms with van der Waals surface area (Å²) in [5.41, 5.74) is 2.45. The van der Waals surface area contributed by atoms with Gasteiger partial charge >= 0.3 is 5.97 Å². The SMILES string of the molecule is COc1nnc(-c2ccc(C)cc2)cc1C(=O)O. The van der Waals surface area contributed by atoms with Crippen LogP contribution in [0.3, 0.4) is 0 Å². The minimum absolute atomic E-state index is 0.00285. The van der Waals surface area contributed by atoms with E-state index in [1.165, 1.54) is 13.2 Å². The molecule has 0 aliphatic heterocycles. The second kappa shape index (κ2) is 4.83. The Hall–Kier alpha value is -2.43. The molecule has 0 saturated carbocycles. The van der Waals surface area contributed by atoms with Crippen LogP contribution < -0.4 is 4.74 Å². The molecule has 0 fully saturated rings. The van der Waals surface area contributed by atoms with Crippen LogP contribution in [-0.2, 0) is 0 Å². The van der Waals surface area contributed by atoms with Crippen LogP contribution in [0.25, 0.3) is 11.3 Å². The number of rotatable bonds is 3. The van der Waals surface area contributed by atoms with Crippen molar-refractivity contribution in [2.24, 2.45) is 0 Å². The molecule has 1 N–H and O–H groups in total. The predicted octanol–water partition coefficient (Wildman–Crippen LogP) is 2.16. The van der Waals surface area contributed by atoms with E-state index < -0.39 is 5.97 Å². The first-order chi connectivity index (χ1) is 8.61. The van der Waals surface area contributed by atoms with Crippen molar-refractivity contribution in [2.45, 2.75) is 6.92 Å². The number of ether oxygens (including phenoxy) is 1. The molecule has 1 aromatic carbocycles. The average molecular weight is 244 g/mol. The lowest BCUT2D eigenvalue weighted by atomic mass is 10.1. The van der Waals surface area contributed by atoms with Crippen LogP contribution in [0.2, 0.25) is 0 Å². The van der Waals surface area contributed by atoms with E-state index >= 15 is 0 Å². The summed E-state index contributed by atoms with van der Waals surface area (Å²) < 4.78 is 4.86. The molecular weight excluding hydrogens is 232 g/mol. The second-order valence-electron chi connectivity index (χ2n) is 3.82. The fraction of sp³-hybridized carbons (Fsp3) is 0.154. The Morgan fingerprint density at radius 3 is 2.44 bits per heavy atom. The molecule has 2 aromatic rings. The zero-order chi connectivity index (χ0) is 13.1. The highest BCUT2D eigenvalue weighted by atomic mass is 16.5. The highest BCUT2D eigenvalue weighted by Crippen LogP contribution is 2.22. The molecule has 0 aliphatic carbocycles. The van der Waals surface area contributed by atoms with Gasteiger partial charge in [-0.25, -0.2) is 4.79 Å². The van der Waals surface area contributed by atoms with Crippen molar-refractivity contribution in [2.75, 3.05) is 7.11 Å². The Kier molecular flexibility index (Phi) is 3.23. The predicted molar refractivity (Wildman–Crippen MR) is 65.7 cm³/mol. The van der Waals surface area contributed by atoms with Gasteiger partial charge in [-0.2, -0.15) is 0 Å². The first kappa shape index (κ1) is 12.0. The third-order valence-electron chi connectivity index (χ3n) is 2.53. The molecule has 0 bridgehead atoms. The number of hydrogen-bond donors (Lipinski definition) is 1. The molecule has 0 amide bonds. The highest BCUT2D eigenvalue weighted by molar-refractivity contribution is 5.91. The Morgan fingerprint density at radius 1 is 1.22 bits per heavy atom. The molecule has 0 unspecified atom stereocenters. The van der Waals surface area contributed by atoms with E-state index in [4.69, 9.17) is 9.84 Å². The zero-order valence-electron chi connectivity index (χ0n) is 10.0. The van der Waals surface area contributed by atoms with Crippen molar-refractivity contribution in [3.63, 3.8) is 0 Å². The normalized spacial score (nSPS) is 10.1. The van der Waals surface area contributed by atoms with Crippen molar-refractivity contribution in [3.05, 3.63) is 41.5 Å². The summed E-state index contributed by atoms with van der Waals surface area (Å²) in [6, 6.07) is 9.07. The molecule has 5 heteroatoms. The van der Waals surface area contributed by atoms with Gasteiger partial charge in [-0.1, -0.05) is 29.8 Å². The summed E-state index contributed by atoms with van der Waals surface area (Å²) >= 11 is 0. The number of aromatic nitrogens is 2. The first-order valence-corrected chi connectivity index (χ1v) is 5.34. The van der Waals surface area contributed by atoms with E-state index in [0.717, 1.165) is 11.1 Å². The molecule has 5 nitrogen and oxygen atoms in total. The van der Waals surface area contributed by atoms with Crippen molar-refractivity contribution < 1.29 is 14.6 Å². The molecular formula is C13H12N2O3. The lowest BCUT2D eigenvalue weighted by Gasteiger charge is -2.05. The van der Waals surface area contributed by atoms with Crippen molar-refractivity contribution in [3.8, 4) is 17.1 Å². The van der Waals surface area contributed by atoms with Crippen LogP contribution >= 0.6 is 0 Å². The van der Waals surface area contributed by atoms with Crippen LogP contribution in [0.4, 0.5) is 0 Å². The Bertz CT molecular complexity index is 579. The number of aryl methyl sites for hydroxylation is 1. The van der Waals surface area contributed by atoms with Gasteiger partial charge in [-0.15, -0.1) is 10.2 Å². The van der Waals surface area contributed by atoms with E-state index in [1.54, 1.807) is 0 Å². The van der Waals surface area contributed by atoms with E-state index in [1.807, 2.05) is 31.2 Å². The quantitative estimate of drug-likeness (QED) is 0.895. The van der Waals surface area contributed by atoms with Crippen molar-refractivity contribution in [1.82, 2.24) is 10.2 Å². The lowest BCUT2D eigenvalue weighted by Crippen LogP contribution is -2.04. The number of carboxylic acids is 1. The van der Waals surface area contributed by atoms with Gasteiger partial charge < -0.3 is 9.84 Å². The highest BCUT2D eigenvalue weighted by Gasteiger charge is 2.15. The molecule has 18 heavy (non-hydrogen) atoms. The van der Waals surface area contributed by atoms with Gasteiger partial charge in [0.2, 0.25) is 5.88 Å². The molecule has 1 heterocycles. The van der Waals surface area contributed by atoms with Crippen LogP contribution in [0.5, 0.6) is 5.88 Å². The van der Waals surface area contributed by atoms with Gasteiger partial charge in [-0.3, -0.25) is 0 Å². The number of benzene rings is 1. The molecule has 0 spiro atoms. The van der Waals surface area contributed by atoms with E-state index in [2.05, 4.69) is 10.2 Å². The Labute approximate surface area is 104 Å². The molecule has 2 rings (SSSR count). The number of carboxylic acid groups (broad SMARTS) is 1. The topological polar surface area (TPSA) is 72.3 Å². The van der Waals surface area contributed by atoms with E-state index in [-0.39, 0.29) is 11.4 Å². The summed E-state index contributed by atoms with van der Waals surface area (Å²) in [7, 11) is 1.36. The summed E-state index contributed by atoms with van der Waals surface area (Å²) in [5, 5.41) is 16.8. The van der Waals surface area contributed by atoms with Gasteiger partial charge in [0, 0.05) is 5.56 Å². The number of aromatic carboxylic acids is 1. The molecule has 0 radical (unpaired) electrons. The maximum Gasteiger partial charge on any atom is 0.341 e. The maximum atomic E-state index is 11.1. The average Bonchev–Trinajstić information content (AvgIpc) is 2.39. The first-order valence-electron chi connectivity index (χ1n) is 5.34. The minimum atomic E-state index is -1.09. The summed E-state index contributed by atoms with van der Waals surface area (Å²) in [4.78, 5) is 11.1. The number of hydrogen-bond acceptors (Lipinski definition) is 4. The zero-order valence-corrected chi connectivity index (χ0v) is 10.0. The van der Waals surface area contributed by atoms with Crippen molar-refractivity contribution in [1.29, 1.82) is 0 Å². The lowest BCUT2D eigenvalue weighted by molar-refractivity contribution is 0.0692. The monoisotopic (exact) mass is 244 g/mol. The minimum Gasteiger partial charge on any atom is -0.479 e. The third-order valence-corrected chi connectivity index (χ3v) is 2.53. The number of nitrogens with zero attached hydrogens (tertiary/aromatic N) is 2. The summed E-state index contributed by atoms with van der Waals surface area (Å²) in [6.45, 7) is 1.98. The van der Waals surface area contributed by atoms with Crippen LogP contribution in [-0.4, -0.2) is 28.4 Å². The van der Waals surface area contributed by atoms with Crippen LogP contribution in [0.1, 0.15) is 15.9 Å².